The highest BCUT2D eigenvalue weighted by Gasteiger charge is 2.32. The third-order valence-electron chi connectivity index (χ3n) is 4.81. The number of amides is 1. The van der Waals surface area contributed by atoms with Crippen molar-refractivity contribution in [1.82, 2.24) is 15.6 Å². The van der Waals surface area contributed by atoms with Crippen LogP contribution in [-0.2, 0) is 4.74 Å². The van der Waals surface area contributed by atoms with Crippen molar-refractivity contribution in [1.29, 1.82) is 0 Å². The molecule has 0 atom stereocenters. The van der Waals surface area contributed by atoms with E-state index >= 15 is 0 Å². The molecule has 1 aliphatic heterocycles. The Hall–Kier alpha value is -1.38. The molecule has 2 aromatic rings. The van der Waals surface area contributed by atoms with E-state index in [0.29, 0.717) is 18.8 Å². The van der Waals surface area contributed by atoms with Gasteiger partial charge in [-0.2, -0.15) is 0 Å². The van der Waals surface area contributed by atoms with E-state index in [-0.39, 0.29) is 36.1 Å². The summed E-state index contributed by atoms with van der Waals surface area (Å²) in [5.74, 6) is 0.670. The molecular formula is C19H27Cl2N3O3S. The fourth-order valence-electron chi connectivity index (χ4n) is 3.24. The highest BCUT2D eigenvalue weighted by Crippen LogP contribution is 2.29. The Balaban J connectivity index is 0.00000196. The van der Waals surface area contributed by atoms with Gasteiger partial charge in [-0.05, 0) is 50.2 Å². The number of nitrogens with zero attached hydrogens (tertiary/aromatic N) is 1. The number of piperidine rings is 1. The largest absolute Gasteiger partial charge is 0.497 e. The highest BCUT2D eigenvalue weighted by molar-refractivity contribution is 7.13. The summed E-state index contributed by atoms with van der Waals surface area (Å²) in [5.41, 5.74) is 1.44. The molecule has 1 aliphatic rings. The van der Waals surface area contributed by atoms with E-state index in [1.54, 1.807) is 19.6 Å². The summed E-state index contributed by atoms with van der Waals surface area (Å²) >= 11 is 1.47. The van der Waals surface area contributed by atoms with Crippen molar-refractivity contribution in [2.75, 3.05) is 40.5 Å². The van der Waals surface area contributed by atoms with Crippen LogP contribution in [0.15, 0.2) is 29.6 Å². The minimum atomic E-state index is -0.130. The number of nitrogens with one attached hydrogen (secondary N) is 2. The van der Waals surface area contributed by atoms with Gasteiger partial charge in [-0.15, -0.1) is 36.2 Å². The van der Waals surface area contributed by atoms with Crippen LogP contribution in [0.3, 0.4) is 0 Å². The molecule has 0 aliphatic carbocycles. The van der Waals surface area contributed by atoms with Crippen molar-refractivity contribution < 1.29 is 14.3 Å². The summed E-state index contributed by atoms with van der Waals surface area (Å²) in [7, 11) is 3.35. The van der Waals surface area contributed by atoms with Crippen LogP contribution in [0.2, 0.25) is 0 Å². The molecular weight excluding hydrogens is 421 g/mol. The van der Waals surface area contributed by atoms with Crippen LogP contribution in [0.1, 0.15) is 23.3 Å². The Kier molecular flexibility index (Phi) is 10.2. The minimum Gasteiger partial charge on any atom is -0.497 e. The second-order valence-electron chi connectivity index (χ2n) is 6.63. The quantitative estimate of drug-likeness (QED) is 0.680. The van der Waals surface area contributed by atoms with Crippen molar-refractivity contribution in [3.63, 3.8) is 0 Å². The van der Waals surface area contributed by atoms with Gasteiger partial charge >= 0.3 is 0 Å². The predicted octanol–water partition coefficient (Wildman–Crippen LogP) is 3.41. The van der Waals surface area contributed by atoms with E-state index in [1.807, 2.05) is 24.3 Å². The molecule has 28 heavy (non-hydrogen) atoms. The standard InChI is InChI=1S/C19H25N3O3S.2ClH/c1-24-13-19(7-9-20-10-8-19)12-21-17(23)16-11-26-18(22-16)14-3-5-15(25-2)6-4-14;;/h3-6,11,20H,7-10,12-13H2,1-2H3,(H,21,23);2*1H. The van der Waals surface area contributed by atoms with Gasteiger partial charge in [0.15, 0.2) is 0 Å². The summed E-state index contributed by atoms with van der Waals surface area (Å²) < 4.78 is 10.6. The monoisotopic (exact) mass is 447 g/mol. The molecule has 9 heteroatoms. The first-order valence-corrected chi connectivity index (χ1v) is 9.62. The number of rotatable bonds is 7. The molecule has 0 radical (unpaired) electrons. The first-order chi connectivity index (χ1) is 12.7. The van der Waals surface area contributed by atoms with E-state index < -0.39 is 0 Å². The zero-order chi connectivity index (χ0) is 18.4. The van der Waals surface area contributed by atoms with Gasteiger partial charge in [0.25, 0.3) is 5.91 Å². The third kappa shape index (κ3) is 6.06. The number of carbonyl (C=O) groups excluding carboxylic acids is 1. The van der Waals surface area contributed by atoms with E-state index in [4.69, 9.17) is 9.47 Å². The predicted molar refractivity (Wildman–Crippen MR) is 117 cm³/mol. The van der Waals surface area contributed by atoms with Crippen LogP contribution in [0.5, 0.6) is 5.75 Å². The summed E-state index contributed by atoms with van der Waals surface area (Å²) in [6.45, 7) is 3.18. The molecule has 1 aromatic heterocycles. The summed E-state index contributed by atoms with van der Waals surface area (Å²) in [6, 6.07) is 7.67. The van der Waals surface area contributed by atoms with Crippen molar-refractivity contribution in [2.45, 2.75) is 12.8 Å². The van der Waals surface area contributed by atoms with Gasteiger partial charge in [0.1, 0.15) is 16.5 Å². The minimum absolute atomic E-state index is 0. The smallest absolute Gasteiger partial charge is 0.270 e. The molecule has 6 nitrogen and oxygen atoms in total. The summed E-state index contributed by atoms with van der Waals surface area (Å²) in [4.78, 5) is 17.0. The van der Waals surface area contributed by atoms with Crippen LogP contribution in [0.25, 0.3) is 10.6 Å². The lowest BCUT2D eigenvalue weighted by atomic mass is 9.79. The molecule has 0 spiro atoms. The maximum atomic E-state index is 12.5. The second-order valence-corrected chi connectivity index (χ2v) is 7.49. The average molecular weight is 448 g/mol. The first kappa shape index (κ1) is 24.7. The summed E-state index contributed by atoms with van der Waals surface area (Å²) in [5, 5.41) is 9.04. The highest BCUT2D eigenvalue weighted by atomic mass is 35.5. The Morgan fingerprint density at radius 3 is 2.50 bits per heavy atom. The number of hydrogen-bond donors (Lipinski definition) is 2. The number of hydrogen-bond acceptors (Lipinski definition) is 6. The fraction of sp³-hybridized carbons (Fsp3) is 0.474. The Morgan fingerprint density at radius 1 is 1.21 bits per heavy atom. The van der Waals surface area contributed by atoms with Crippen LogP contribution >= 0.6 is 36.2 Å². The van der Waals surface area contributed by atoms with Crippen LogP contribution in [-0.4, -0.2) is 51.4 Å². The normalized spacial score (nSPS) is 15.1. The van der Waals surface area contributed by atoms with Crippen LogP contribution in [0.4, 0.5) is 0 Å². The van der Waals surface area contributed by atoms with Gasteiger partial charge in [0, 0.05) is 30.0 Å². The number of methoxy groups -OCH3 is 2. The zero-order valence-corrected chi connectivity index (χ0v) is 18.5. The molecule has 1 fully saturated rings. The van der Waals surface area contributed by atoms with Gasteiger partial charge < -0.3 is 20.1 Å². The number of halogens is 2. The van der Waals surface area contributed by atoms with Gasteiger partial charge in [-0.3, -0.25) is 4.79 Å². The molecule has 0 saturated carbocycles. The molecule has 0 unspecified atom stereocenters. The third-order valence-corrected chi connectivity index (χ3v) is 5.70. The van der Waals surface area contributed by atoms with Gasteiger partial charge in [0.05, 0.1) is 13.7 Å². The molecule has 2 heterocycles. The number of ether oxygens (including phenoxy) is 2. The van der Waals surface area contributed by atoms with E-state index in [0.717, 1.165) is 42.3 Å². The SMILES string of the molecule is COCC1(CNC(=O)c2csc(-c3ccc(OC)cc3)n2)CCNCC1.Cl.Cl. The summed E-state index contributed by atoms with van der Waals surface area (Å²) in [6.07, 6.45) is 1.99. The Morgan fingerprint density at radius 2 is 1.89 bits per heavy atom. The van der Waals surface area contributed by atoms with Crippen LogP contribution < -0.4 is 15.4 Å². The number of thiazole rings is 1. The van der Waals surface area contributed by atoms with Crippen molar-refractivity contribution in [2.24, 2.45) is 5.41 Å². The van der Waals surface area contributed by atoms with E-state index in [9.17, 15) is 4.79 Å². The van der Waals surface area contributed by atoms with Gasteiger partial charge in [0.2, 0.25) is 0 Å². The number of aromatic nitrogens is 1. The molecule has 156 valence electrons. The number of carbonyl (C=O) groups is 1. The molecule has 1 aromatic carbocycles. The maximum Gasteiger partial charge on any atom is 0.270 e. The molecule has 3 rings (SSSR count). The molecule has 1 amide bonds. The second kappa shape index (κ2) is 11.6. The molecule has 0 bridgehead atoms. The van der Waals surface area contributed by atoms with Crippen molar-refractivity contribution in [3.8, 4) is 16.3 Å². The molecule has 2 N–H and O–H groups in total. The topological polar surface area (TPSA) is 72.5 Å². The van der Waals surface area contributed by atoms with Gasteiger partial charge in [-0.25, -0.2) is 4.98 Å². The fourth-order valence-corrected chi connectivity index (χ4v) is 4.04. The van der Waals surface area contributed by atoms with E-state index in [1.165, 1.54) is 11.3 Å². The van der Waals surface area contributed by atoms with Crippen molar-refractivity contribution >= 4 is 42.1 Å². The van der Waals surface area contributed by atoms with Crippen molar-refractivity contribution in [3.05, 3.63) is 35.3 Å². The molecule has 1 saturated heterocycles. The average Bonchev–Trinajstić information content (AvgIpc) is 3.17. The number of benzene rings is 1. The lowest BCUT2D eigenvalue weighted by Crippen LogP contribution is -2.47. The zero-order valence-electron chi connectivity index (χ0n) is 16.0. The maximum absolute atomic E-state index is 12.5. The lowest BCUT2D eigenvalue weighted by Gasteiger charge is -2.37. The van der Waals surface area contributed by atoms with Gasteiger partial charge in [-0.1, -0.05) is 0 Å². The Labute approximate surface area is 182 Å². The Bertz CT molecular complexity index is 729. The van der Waals surface area contributed by atoms with E-state index in [2.05, 4.69) is 15.6 Å². The lowest BCUT2D eigenvalue weighted by molar-refractivity contribution is 0.0511. The van der Waals surface area contributed by atoms with Crippen LogP contribution in [0, 0.1) is 5.41 Å². The first-order valence-electron chi connectivity index (χ1n) is 8.74.